The summed E-state index contributed by atoms with van der Waals surface area (Å²) >= 11 is 0. The van der Waals surface area contributed by atoms with Gasteiger partial charge in [0.25, 0.3) is 0 Å². The second kappa shape index (κ2) is 4.21. The SMILES string of the molecule is Cc1ccc2c3c4n(c2c1)C(=O)C[C@@H]1[C@H]4N(CC3)CCN1C. The van der Waals surface area contributed by atoms with Gasteiger partial charge in [0.15, 0.2) is 0 Å². The number of fused-ring (bicyclic) bond motifs is 3. The monoisotopic (exact) mass is 295 g/mol. The largest absolute Gasteiger partial charge is 0.300 e. The molecule has 1 aromatic carbocycles. The first-order valence-electron chi connectivity index (χ1n) is 8.26. The minimum Gasteiger partial charge on any atom is -0.300 e. The van der Waals surface area contributed by atoms with Crippen molar-refractivity contribution in [2.45, 2.75) is 31.8 Å². The van der Waals surface area contributed by atoms with E-state index in [2.05, 4.69) is 42.0 Å². The molecule has 114 valence electrons. The van der Waals surface area contributed by atoms with Crippen LogP contribution in [0.25, 0.3) is 10.9 Å². The van der Waals surface area contributed by atoms with Gasteiger partial charge in [0.05, 0.1) is 11.6 Å². The number of piperazine rings is 1. The first-order valence-corrected chi connectivity index (χ1v) is 8.26. The molecular weight excluding hydrogens is 274 g/mol. The van der Waals surface area contributed by atoms with Crippen LogP contribution in [0.4, 0.5) is 0 Å². The van der Waals surface area contributed by atoms with Crippen LogP contribution in [-0.4, -0.2) is 53.0 Å². The summed E-state index contributed by atoms with van der Waals surface area (Å²) < 4.78 is 2.05. The van der Waals surface area contributed by atoms with Gasteiger partial charge in [-0.05, 0) is 37.6 Å². The van der Waals surface area contributed by atoms with Gasteiger partial charge in [-0.2, -0.15) is 0 Å². The Morgan fingerprint density at radius 1 is 1.18 bits per heavy atom. The third kappa shape index (κ3) is 1.47. The van der Waals surface area contributed by atoms with Crippen LogP contribution in [0.3, 0.4) is 0 Å². The molecule has 3 aliphatic rings. The first-order chi connectivity index (χ1) is 10.6. The van der Waals surface area contributed by atoms with Gasteiger partial charge < -0.3 is 0 Å². The number of aromatic nitrogens is 1. The average molecular weight is 295 g/mol. The van der Waals surface area contributed by atoms with Gasteiger partial charge in [-0.1, -0.05) is 12.1 Å². The summed E-state index contributed by atoms with van der Waals surface area (Å²) in [5.74, 6) is 0.272. The van der Waals surface area contributed by atoms with Crippen LogP contribution in [0.15, 0.2) is 18.2 Å². The number of nitrogens with zero attached hydrogens (tertiary/aromatic N) is 3. The number of aryl methyl sites for hydroxylation is 1. The van der Waals surface area contributed by atoms with Crippen molar-refractivity contribution in [1.82, 2.24) is 14.4 Å². The van der Waals surface area contributed by atoms with E-state index < -0.39 is 0 Å². The number of benzene rings is 1. The molecule has 22 heavy (non-hydrogen) atoms. The maximum Gasteiger partial charge on any atom is 0.233 e. The molecule has 1 fully saturated rings. The van der Waals surface area contributed by atoms with E-state index in [1.807, 2.05) is 4.57 Å². The summed E-state index contributed by atoms with van der Waals surface area (Å²) in [6.07, 6.45) is 1.71. The van der Waals surface area contributed by atoms with Crippen LogP contribution >= 0.6 is 0 Å². The summed E-state index contributed by atoms with van der Waals surface area (Å²) in [5.41, 5.74) is 5.07. The average Bonchev–Trinajstić information content (AvgIpc) is 2.83. The van der Waals surface area contributed by atoms with Gasteiger partial charge >= 0.3 is 0 Å². The standard InChI is InChI=1S/C18H21N3O/c1-11-3-4-12-13-5-6-20-8-7-19(2)15-10-16(22)21(14(12)9-11)17(13)18(15)20/h3-4,9,15,18H,5-8,10H2,1-2H3/t15-,18-/m1/s1. The summed E-state index contributed by atoms with van der Waals surface area (Å²) in [7, 11) is 2.17. The lowest BCUT2D eigenvalue weighted by Crippen LogP contribution is -2.58. The Bertz CT molecular complexity index is 806. The smallest absolute Gasteiger partial charge is 0.233 e. The van der Waals surface area contributed by atoms with Gasteiger partial charge in [0.1, 0.15) is 0 Å². The number of carbonyl (C=O) groups excluding carboxylic acids is 1. The predicted molar refractivity (Wildman–Crippen MR) is 86.4 cm³/mol. The maximum atomic E-state index is 12.9. The van der Waals surface area contributed by atoms with Crippen LogP contribution < -0.4 is 0 Å². The minimum atomic E-state index is 0.272. The van der Waals surface area contributed by atoms with Crippen molar-refractivity contribution in [3.8, 4) is 0 Å². The fourth-order valence-electron chi connectivity index (χ4n) is 4.80. The molecule has 2 atom stereocenters. The second-order valence-electron chi connectivity index (χ2n) is 7.10. The van der Waals surface area contributed by atoms with Crippen molar-refractivity contribution >= 4 is 16.8 Å². The Labute approximate surface area is 130 Å². The zero-order chi connectivity index (χ0) is 15.0. The second-order valence-corrected chi connectivity index (χ2v) is 7.10. The van der Waals surface area contributed by atoms with Gasteiger partial charge in [0, 0.05) is 43.2 Å². The molecular formula is C18H21N3O. The normalized spacial score (nSPS) is 28.2. The van der Waals surface area contributed by atoms with E-state index in [0.717, 1.165) is 31.6 Å². The lowest BCUT2D eigenvalue weighted by atomic mass is 9.86. The Morgan fingerprint density at radius 3 is 2.91 bits per heavy atom. The fourth-order valence-corrected chi connectivity index (χ4v) is 4.80. The molecule has 4 nitrogen and oxygen atoms in total. The van der Waals surface area contributed by atoms with Crippen molar-refractivity contribution in [2.75, 3.05) is 26.7 Å². The molecule has 4 heterocycles. The zero-order valence-electron chi connectivity index (χ0n) is 13.2. The maximum absolute atomic E-state index is 12.9. The highest BCUT2D eigenvalue weighted by Gasteiger charge is 2.46. The van der Waals surface area contributed by atoms with Crippen LogP contribution in [-0.2, 0) is 6.42 Å². The van der Waals surface area contributed by atoms with Crippen molar-refractivity contribution in [1.29, 1.82) is 0 Å². The summed E-state index contributed by atoms with van der Waals surface area (Å²) in [6, 6.07) is 7.32. The number of hydrogen-bond donors (Lipinski definition) is 0. The van der Waals surface area contributed by atoms with Gasteiger partial charge in [0.2, 0.25) is 5.91 Å². The molecule has 5 rings (SSSR count). The third-order valence-corrected chi connectivity index (χ3v) is 5.90. The number of rotatable bonds is 0. The Morgan fingerprint density at radius 2 is 2.05 bits per heavy atom. The Hall–Kier alpha value is -1.65. The molecule has 4 heteroatoms. The van der Waals surface area contributed by atoms with Gasteiger partial charge in [-0.15, -0.1) is 0 Å². The van der Waals surface area contributed by atoms with Crippen molar-refractivity contribution in [3.63, 3.8) is 0 Å². The fraction of sp³-hybridized carbons (Fsp3) is 0.500. The molecule has 0 aliphatic carbocycles. The number of carbonyl (C=O) groups is 1. The highest BCUT2D eigenvalue weighted by molar-refractivity contribution is 5.98. The lowest BCUT2D eigenvalue weighted by molar-refractivity contribution is 0.00976. The van der Waals surface area contributed by atoms with E-state index in [9.17, 15) is 4.79 Å². The van der Waals surface area contributed by atoms with E-state index in [1.54, 1.807) is 0 Å². The van der Waals surface area contributed by atoms with Gasteiger partial charge in [-0.3, -0.25) is 19.2 Å². The predicted octanol–water partition coefficient (Wildman–Crippen LogP) is 2.21. The molecule has 1 saturated heterocycles. The molecule has 0 unspecified atom stereocenters. The van der Waals surface area contributed by atoms with E-state index >= 15 is 0 Å². The molecule has 0 saturated carbocycles. The lowest BCUT2D eigenvalue weighted by Gasteiger charge is -2.50. The number of hydrogen-bond acceptors (Lipinski definition) is 3. The van der Waals surface area contributed by atoms with E-state index in [1.165, 1.54) is 22.2 Å². The van der Waals surface area contributed by atoms with E-state index in [0.29, 0.717) is 18.5 Å². The van der Waals surface area contributed by atoms with E-state index in [-0.39, 0.29) is 5.91 Å². The minimum absolute atomic E-state index is 0.272. The molecule has 2 aromatic rings. The highest BCUT2D eigenvalue weighted by atomic mass is 16.2. The van der Waals surface area contributed by atoms with Crippen LogP contribution in [0.2, 0.25) is 0 Å². The summed E-state index contributed by atoms with van der Waals surface area (Å²) in [6.45, 7) is 5.42. The van der Waals surface area contributed by atoms with Crippen LogP contribution in [0.5, 0.6) is 0 Å². The summed E-state index contributed by atoms with van der Waals surface area (Å²) in [4.78, 5) is 17.9. The number of likely N-dealkylation sites (N-methyl/N-ethyl adjacent to an activating group) is 1. The quantitative estimate of drug-likeness (QED) is 0.746. The molecule has 0 radical (unpaired) electrons. The molecule has 0 amide bonds. The molecule has 3 aliphatic heterocycles. The molecule has 0 N–H and O–H groups in total. The van der Waals surface area contributed by atoms with Crippen molar-refractivity contribution in [3.05, 3.63) is 35.0 Å². The highest BCUT2D eigenvalue weighted by Crippen LogP contribution is 2.45. The zero-order valence-corrected chi connectivity index (χ0v) is 13.2. The van der Waals surface area contributed by atoms with E-state index in [4.69, 9.17) is 0 Å². The topological polar surface area (TPSA) is 28.5 Å². The Balaban J connectivity index is 1.85. The summed E-state index contributed by atoms with van der Waals surface area (Å²) in [5, 5.41) is 1.29. The first kappa shape index (κ1) is 12.9. The van der Waals surface area contributed by atoms with Crippen LogP contribution in [0, 0.1) is 6.92 Å². The van der Waals surface area contributed by atoms with Crippen LogP contribution in [0.1, 0.15) is 34.1 Å². The van der Waals surface area contributed by atoms with Crippen molar-refractivity contribution < 1.29 is 4.79 Å². The molecule has 0 spiro atoms. The van der Waals surface area contributed by atoms with Crippen molar-refractivity contribution in [2.24, 2.45) is 0 Å². The molecule has 1 aromatic heterocycles. The van der Waals surface area contributed by atoms with Gasteiger partial charge in [-0.25, -0.2) is 0 Å². The Kier molecular flexibility index (Phi) is 2.46. The molecule has 0 bridgehead atoms. The third-order valence-electron chi connectivity index (χ3n) is 5.90.